The molecule has 2 atom stereocenters. The molecule has 1 N–H and O–H groups in total. The van der Waals surface area contributed by atoms with Gasteiger partial charge in [-0.2, -0.15) is 23.6 Å². The topological polar surface area (TPSA) is 131 Å². The molecule has 2 unspecified atom stereocenters. The Morgan fingerprint density at radius 2 is 1.96 bits per heavy atom. The summed E-state index contributed by atoms with van der Waals surface area (Å²) in [6, 6.07) is 3.30. The summed E-state index contributed by atoms with van der Waals surface area (Å²) in [4.78, 5) is 20.3. The summed E-state index contributed by atoms with van der Waals surface area (Å²) >= 11 is 0.833. The number of hydrogen-bond donors (Lipinski definition) is 1. The van der Waals surface area contributed by atoms with Crippen molar-refractivity contribution in [3.05, 3.63) is 6.07 Å². The predicted molar refractivity (Wildman–Crippen MR) is 87.6 cm³/mol. The number of amides is 1. The molecule has 11 heteroatoms. The van der Waals surface area contributed by atoms with Crippen molar-refractivity contribution in [1.29, 1.82) is 5.26 Å². The van der Waals surface area contributed by atoms with Crippen LogP contribution in [0.25, 0.3) is 0 Å². The summed E-state index contributed by atoms with van der Waals surface area (Å²) in [5.74, 6) is -0.138. The zero-order valence-electron chi connectivity index (χ0n) is 13.4. The van der Waals surface area contributed by atoms with Gasteiger partial charge in [0.25, 0.3) is 0 Å². The minimum absolute atomic E-state index is 0.103. The number of rotatable bonds is 7. The van der Waals surface area contributed by atoms with Crippen molar-refractivity contribution in [2.24, 2.45) is 5.41 Å². The molecule has 0 aliphatic carbocycles. The molecule has 1 heterocycles. The Bertz CT molecular complexity index is 760. The number of carbonyl (C=O) groups excluding carboxylic acids is 1. The highest BCUT2D eigenvalue weighted by Crippen LogP contribution is 2.34. The van der Waals surface area contributed by atoms with Crippen LogP contribution < -0.4 is 14.8 Å². The van der Waals surface area contributed by atoms with Crippen LogP contribution in [0, 0.1) is 16.7 Å². The maximum Gasteiger partial charge on any atom is 0.235 e. The monoisotopic (exact) mass is 372 g/mol. The van der Waals surface area contributed by atoms with Crippen molar-refractivity contribution in [1.82, 2.24) is 15.3 Å². The molecule has 0 saturated carbocycles. The number of thioether (sulfide) groups is 1. The van der Waals surface area contributed by atoms with Crippen LogP contribution in [-0.2, 0) is 15.1 Å². The van der Waals surface area contributed by atoms with Crippen LogP contribution in [0.2, 0.25) is 0 Å². The maximum absolute atomic E-state index is 12.2. The summed E-state index contributed by atoms with van der Waals surface area (Å²) < 4.78 is 32.1. The van der Waals surface area contributed by atoms with E-state index in [-0.39, 0.29) is 16.9 Å². The molecule has 0 saturated heterocycles. The molecule has 0 radical (unpaired) electrons. The van der Waals surface area contributed by atoms with E-state index in [4.69, 9.17) is 9.47 Å². The lowest BCUT2D eigenvalue weighted by molar-refractivity contribution is -0.120. The Morgan fingerprint density at radius 3 is 2.33 bits per heavy atom. The molecule has 1 amide bonds. The second-order valence-electron chi connectivity index (χ2n) is 4.62. The average molecular weight is 372 g/mol. The summed E-state index contributed by atoms with van der Waals surface area (Å²) in [7, 11) is 1.56. The fourth-order valence-corrected chi connectivity index (χ4v) is 3.44. The molecule has 0 fully saturated rings. The number of nitriles is 1. The Morgan fingerprint density at radius 1 is 1.42 bits per heavy atom. The largest absolute Gasteiger partial charge is 0.481 e. The minimum atomic E-state index is -2.63. The molecule has 0 aliphatic heterocycles. The molecule has 1 aromatic heterocycles. The molecule has 0 spiro atoms. The van der Waals surface area contributed by atoms with E-state index in [1.54, 1.807) is 0 Å². The van der Waals surface area contributed by atoms with Crippen molar-refractivity contribution in [2.75, 3.05) is 21.3 Å². The van der Waals surface area contributed by atoms with Crippen molar-refractivity contribution >= 4 is 33.3 Å². The summed E-state index contributed by atoms with van der Waals surface area (Å²) in [5.41, 5.74) is -1.60. The Labute approximate surface area is 144 Å². The number of nitrogens with one attached hydrogen (secondary N) is 1. The maximum atomic E-state index is 12.2. The first kappa shape index (κ1) is 19.7. The fourth-order valence-electron chi connectivity index (χ4n) is 1.68. The number of hydrogen-bond acceptors (Lipinski definition) is 9. The number of aromatic nitrogens is 2. The SMILES string of the molecule is CNC(=O)C(Sc1nc(OC)cc(OC)n1)C(C)(C#N)C=S(=O)=O. The summed E-state index contributed by atoms with van der Waals surface area (Å²) in [6.45, 7) is 1.34. The quantitative estimate of drug-likeness (QED) is 0.396. The highest BCUT2D eigenvalue weighted by atomic mass is 32.2. The number of carbonyl (C=O) groups is 1. The van der Waals surface area contributed by atoms with Crippen molar-refractivity contribution < 1.29 is 22.7 Å². The summed E-state index contributed by atoms with van der Waals surface area (Å²) in [5, 5.41) is 11.6. The first-order valence-corrected chi connectivity index (χ1v) is 8.52. The zero-order valence-corrected chi connectivity index (χ0v) is 15.1. The van der Waals surface area contributed by atoms with Crippen LogP contribution in [0.4, 0.5) is 0 Å². The average Bonchev–Trinajstić information content (AvgIpc) is 2.57. The molecule has 1 aromatic rings. The molecule has 0 aromatic carbocycles. The van der Waals surface area contributed by atoms with Gasteiger partial charge >= 0.3 is 0 Å². The lowest BCUT2D eigenvalue weighted by Gasteiger charge is -2.24. The van der Waals surface area contributed by atoms with E-state index >= 15 is 0 Å². The van der Waals surface area contributed by atoms with Crippen LogP contribution in [0.1, 0.15) is 6.92 Å². The van der Waals surface area contributed by atoms with Gasteiger partial charge in [0.15, 0.2) is 5.16 Å². The molecular formula is C13H16N4O5S2. The van der Waals surface area contributed by atoms with Crippen LogP contribution in [0.3, 0.4) is 0 Å². The second kappa shape index (κ2) is 8.51. The van der Waals surface area contributed by atoms with E-state index in [9.17, 15) is 18.5 Å². The third kappa shape index (κ3) is 4.84. The lowest BCUT2D eigenvalue weighted by atomic mass is 9.90. The van der Waals surface area contributed by atoms with Crippen LogP contribution in [0.15, 0.2) is 11.2 Å². The van der Waals surface area contributed by atoms with E-state index in [2.05, 4.69) is 15.3 Å². The van der Waals surface area contributed by atoms with Gasteiger partial charge < -0.3 is 14.8 Å². The van der Waals surface area contributed by atoms with E-state index in [1.807, 2.05) is 6.07 Å². The molecule has 0 bridgehead atoms. The molecule has 24 heavy (non-hydrogen) atoms. The van der Waals surface area contributed by atoms with Gasteiger partial charge in [0, 0.05) is 7.05 Å². The predicted octanol–water partition coefficient (Wildman–Crippen LogP) is -0.0883. The number of methoxy groups -OCH3 is 2. The number of nitrogens with zero attached hydrogens (tertiary/aromatic N) is 3. The normalized spacial score (nSPS) is 13.8. The highest BCUT2D eigenvalue weighted by Gasteiger charge is 2.40. The smallest absolute Gasteiger partial charge is 0.235 e. The standard InChI is InChI=1S/C13H16N4O5S2/c1-13(6-14,7-24(19)20)10(11(18)15-2)23-12-16-8(21-3)5-9(17-12)22-4/h5,7,10H,1-4H3,(H,15,18). The summed E-state index contributed by atoms with van der Waals surface area (Å²) in [6.07, 6.45) is 0. The van der Waals surface area contributed by atoms with Gasteiger partial charge in [-0.05, 0) is 6.92 Å². The fraction of sp³-hybridized carbons (Fsp3) is 0.462. The lowest BCUT2D eigenvalue weighted by Crippen LogP contribution is -2.42. The van der Waals surface area contributed by atoms with Crippen molar-refractivity contribution in [3.8, 4) is 17.8 Å². The van der Waals surface area contributed by atoms with E-state index < -0.39 is 26.9 Å². The van der Waals surface area contributed by atoms with E-state index in [0.29, 0.717) is 0 Å². The van der Waals surface area contributed by atoms with Gasteiger partial charge in [-0.1, -0.05) is 11.8 Å². The molecule has 130 valence electrons. The van der Waals surface area contributed by atoms with Crippen LogP contribution in [0.5, 0.6) is 11.8 Å². The van der Waals surface area contributed by atoms with Gasteiger partial charge in [0.1, 0.15) is 10.7 Å². The van der Waals surface area contributed by atoms with Crippen LogP contribution in [-0.4, -0.2) is 56.2 Å². The molecule has 1 rings (SSSR count). The molecule has 9 nitrogen and oxygen atoms in total. The zero-order chi connectivity index (χ0) is 18.3. The van der Waals surface area contributed by atoms with Crippen molar-refractivity contribution in [3.63, 3.8) is 0 Å². The van der Waals surface area contributed by atoms with Crippen LogP contribution >= 0.6 is 11.8 Å². The molecular weight excluding hydrogens is 356 g/mol. The van der Waals surface area contributed by atoms with Crippen molar-refractivity contribution in [2.45, 2.75) is 17.3 Å². The highest BCUT2D eigenvalue weighted by molar-refractivity contribution is 8.00. The third-order valence-electron chi connectivity index (χ3n) is 2.91. The van der Waals surface area contributed by atoms with Gasteiger partial charge in [0.05, 0.1) is 31.7 Å². The first-order valence-electron chi connectivity index (χ1n) is 6.50. The Kier molecular flexibility index (Phi) is 6.99. The third-order valence-corrected chi connectivity index (χ3v) is 4.93. The van der Waals surface area contributed by atoms with Gasteiger partial charge in [0.2, 0.25) is 28.0 Å². The Balaban J connectivity index is 3.37. The van der Waals surface area contributed by atoms with Gasteiger partial charge in [-0.3, -0.25) is 4.79 Å². The Hall–Kier alpha value is -2.32. The number of ether oxygens (including phenoxy) is 2. The first-order chi connectivity index (χ1) is 11.3. The van der Waals surface area contributed by atoms with Gasteiger partial charge in [-0.25, -0.2) is 0 Å². The van der Waals surface area contributed by atoms with Gasteiger partial charge in [-0.15, -0.1) is 0 Å². The van der Waals surface area contributed by atoms with E-state index in [0.717, 1.165) is 17.1 Å². The minimum Gasteiger partial charge on any atom is -0.481 e. The van der Waals surface area contributed by atoms with E-state index in [1.165, 1.54) is 34.3 Å². The second-order valence-corrected chi connectivity index (χ2v) is 6.45. The molecule has 0 aliphatic rings.